The number of nitrogens with one attached hydrogen (secondary N) is 1. The average Bonchev–Trinajstić information content (AvgIpc) is 2.24. The molecule has 0 aromatic rings. The summed E-state index contributed by atoms with van der Waals surface area (Å²) in [5, 5.41) is 3.61. The zero-order chi connectivity index (χ0) is 11.4. The molecular weight excluding hydrogens is 182 g/mol. The molecule has 0 aliphatic heterocycles. The van der Waals surface area contributed by atoms with Gasteiger partial charge in [0.15, 0.2) is 0 Å². The fourth-order valence-electron chi connectivity index (χ4n) is 2.15. The highest BCUT2D eigenvalue weighted by Crippen LogP contribution is 2.12. The van der Waals surface area contributed by atoms with Crippen LogP contribution in [-0.4, -0.2) is 13.1 Å². The molecule has 15 heavy (non-hydrogen) atoms. The van der Waals surface area contributed by atoms with Gasteiger partial charge in [-0.2, -0.15) is 0 Å². The van der Waals surface area contributed by atoms with E-state index in [2.05, 4.69) is 26.1 Å². The molecule has 1 nitrogen and oxygen atoms in total. The van der Waals surface area contributed by atoms with Gasteiger partial charge < -0.3 is 5.32 Å². The zero-order valence-corrected chi connectivity index (χ0v) is 11.1. The predicted octanol–water partition coefficient (Wildman–Crippen LogP) is 4.37. The second-order valence-electron chi connectivity index (χ2n) is 4.71. The maximum absolute atomic E-state index is 3.61. The molecule has 1 heteroatoms. The van der Waals surface area contributed by atoms with Crippen molar-refractivity contribution < 1.29 is 0 Å². The summed E-state index contributed by atoms with van der Waals surface area (Å²) < 4.78 is 0. The van der Waals surface area contributed by atoms with Crippen molar-refractivity contribution in [2.75, 3.05) is 13.1 Å². The molecule has 0 spiro atoms. The van der Waals surface area contributed by atoms with Crippen LogP contribution in [0.15, 0.2) is 0 Å². The van der Waals surface area contributed by atoms with Crippen molar-refractivity contribution in [2.24, 2.45) is 5.92 Å². The lowest BCUT2D eigenvalue weighted by molar-refractivity contribution is 0.407. The van der Waals surface area contributed by atoms with Gasteiger partial charge in [0, 0.05) is 0 Å². The van der Waals surface area contributed by atoms with Gasteiger partial charge in [-0.3, -0.25) is 0 Å². The second-order valence-corrected chi connectivity index (χ2v) is 4.71. The quantitative estimate of drug-likeness (QED) is 0.502. The third kappa shape index (κ3) is 10.2. The van der Waals surface area contributed by atoms with Crippen LogP contribution in [0.2, 0.25) is 0 Å². The van der Waals surface area contributed by atoms with Gasteiger partial charge in [-0.05, 0) is 38.3 Å². The van der Waals surface area contributed by atoms with Gasteiger partial charge in [0.2, 0.25) is 0 Å². The molecule has 0 aromatic carbocycles. The number of unbranched alkanes of at least 4 members (excludes halogenated alkanes) is 3. The van der Waals surface area contributed by atoms with Crippen LogP contribution in [0.4, 0.5) is 0 Å². The monoisotopic (exact) mass is 213 g/mol. The molecule has 0 saturated carbocycles. The van der Waals surface area contributed by atoms with E-state index in [1.807, 2.05) is 0 Å². The molecule has 0 fully saturated rings. The molecule has 1 N–H and O–H groups in total. The van der Waals surface area contributed by atoms with Gasteiger partial charge in [0.05, 0.1) is 0 Å². The number of hydrogen-bond donors (Lipinski definition) is 1. The first-order valence-electron chi connectivity index (χ1n) is 7.05. The van der Waals surface area contributed by atoms with E-state index in [4.69, 9.17) is 0 Å². The molecule has 0 heterocycles. The Labute approximate surface area is 97.0 Å². The SMILES string of the molecule is CCCCCCNCC(CCC)CCC. The largest absolute Gasteiger partial charge is 0.316 e. The van der Waals surface area contributed by atoms with Crippen LogP contribution in [-0.2, 0) is 0 Å². The number of hydrogen-bond acceptors (Lipinski definition) is 1. The van der Waals surface area contributed by atoms with Gasteiger partial charge in [-0.25, -0.2) is 0 Å². The summed E-state index contributed by atoms with van der Waals surface area (Å²) in [7, 11) is 0. The molecule has 0 radical (unpaired) electrons. The van der Waals surface area contributed by atoms with Crippen molar-refractivity contribution in [1.29, 1.82) is 0 Å². The van der Waals surface area contributed by atoms with Gasteiger partial charge in [0.25, 0.3) is 0 Å². The summed E-state index contributed by atoms with van der Waals surface area (Å²) in [5.41, 5.74) is 0. The summed E-state index contributed by atoms with van der Waals surface area (Å²) in [6, 6.07) is 0. The molecule has 0 aromatic heterocycles. The van der Waals surface area contributed by atoms with Crippen LogP contribution in [0.5, 0.6) is 0 Å². The summed E-state index contributed by atoms with van der Waals surface area (Å²) in [6.07, 6.45) is 11.0. The minimum atomic E-state index is 0.922. The first kappa shape index (κ1) is 15.0. The summed E-state index contributed by atoms with van der Waals surface area (Å²) >= 11 is 0. The van der Waals surface area contributed by atoms with Crippen LogP contribution < -0.4 is 5.32 Å². The van der Waals surface area contributed by atoms with E-state index in [0.29, 0.717) is 0 Å². The van der Waals surface area contributed by atoms with Crippen LogP contribution in [0.1, 0.15) is 72.1 Å². The number of rotatable bonds is 11. The fourth-order valence-corrected chi connectivity index (χ4v) is 2.15. The van der Waals surface area contributed by atoms with Crippen LogP contribution in [0.25, 0.3) is 0 Å². The van der Waals surface area contributed by atoms with Crippen LogP contribution >= 0.6 is 0 Å². The molecule has 0 bridgehead atoms. The molecule has 0 aliphatic carbocycles. The minimum absolute atomic E-state index is 0.922. The van der Waals surface area contributed by atoms with E-state index in [0.717, 1.165) is 5.92 Å². The molecule has 0 atom stereocenters. The van der Waals surface area contributed by atoms with Gasteiger partial charge >= 0.3 is 0 Å². The standard InChI is InChI=1S/C14H31N/c1-4-7-8-9-12-15-13-14(10-5-2)11-6-3/h14-15H,4-13H2,1-3H3. The van der Waals surface area contributed by atoms with E-state index in [-0.39, 0.29) is 0 Å². The highest BCUT2D eigenvalue weighted by atomic mass is 14.8. The van der Waals surface area contributed by atoms with Crippen LogP contribution in [0, 0.1) is 5.92 Å². The second kappa shape index (κ2) is 12.0. The van der Waals surface area contributed by atoms with E-state index >= 15 is 0 Å². The predicted molar refractivity (Wildman–Crippen MR) is 70.3 cm³/mol. The zero-order valence-electron chi connectivity index (χ0n) is 11.1. The van der Waals surface area contributed by atoms with E-state index in [9.17, 15) is 0 Å². The summed E-state index contributed by atoms with van der Waals surface area (Å²) in [5.74, 6) is 0.922. The summed E-state index contributed by atoms with van der Waals surface area (Å²) in [6.45, 7) is 9.33. The third-order valence-electron chi connectivity index (χ3n) is 3.03. The summed E-state index contributed by atoms with van der Waals surface area (Å²) in [4.78, 5) is 0. The fraction of sp³-hybridized carbons (Fsp3) is 1.00. The molecule has 0 rings (SSSR count). The molecule has 0 saturated heterocycles. The highest BCUT2D eigenvalue weighted by molar-refractivity contribution is 4.61. The first-order chi connectivity index (χ1) is 7.35. The van der Waals surface area contributed by atoms with Gasteiger partial charge in [-0.1, -0.05) is 52.9 Å². The molecule has 0 amide bonds. The Hall–Kier alpha value is -0.0400. The first-order valence-corrected chi connectivity index (χ1v) is 7.05. The minimum Gasteiger partial charge on any atom is -0.316 e. The average molecular weight is 213 g/mol. The van der Waals surface area contributed by atoms with Gasteiger partial charge in [0.1, 0.15) is 0 Å². The topological polar surface area (TPSA) is 12.0 Å². The van der Waals surface area contributed by atoms with Crippen molar-refractivity contribution in [3.63, 3.8) is 0 Å². The van der Waals surface area contributed by atoms with Crippen molar-refractivity contribution in [2.45, 2.75) is 72.1 Å². The van der Waals surface area contributed by atoms with E-state index < -0.39 is 0 Å². The maximum Gasteiger partial charge on any atom is -0.00205 e. The van der Waals surface area contributed by atoms with Crippen molar-refractivity contribution in [3.05, 3.63) is 0 Å². The van der Waals surface area contributed by atoms with E-state index in [1.54, 1.807) is 0 Å². The van der Waals surface area contributed by atoms with Crippen molar-refractivity contribution in [1.82, 2.24) is 5.32 Å². The molecule has 92 valence electrons. The molecule has 0 unspecified atom stereocenters. The molecular formula is C14H31N. The highest BCUT2D eigenvalue weighted by Gasteiger charge is 2.05. The van der Waals surface area contributed by atoms with Crippen LogP contribution in [0.3, 0.4) is 0 Å². The Kier molecular flexibility index (Phi) is 12.0. The van der Waals surface area contributed by atoms with Crippen molar-refractivity contribution >= 4 is 0 Å². The Bertz CT molecular complexity index is 106. The third-order valence-corrected chi connectivity index (χ3v) is 3.03. The van der Waals surface area contributed by atoms with E-state index in [1.165, 1.54) is 64.5 Å². The Morgan fingerprint density at radius 2 is 1.47 bits per heavy atom. The van der Waals surface area contributed by atoms with Crippen molar-refractivity contribution in [3.8, 4) is 0 Å². The Morgan fingerprint density at radius 1 is 0.800 bits per heavy atom. The maximum atomic E-state index is 3.61. The normalized spacial score (nSPS) is 11.2. The Balaban J connectivity index is 3.28. The van der Waals surface area contributed by atoms with Gasteiger partial charge in [-0.15, -0.1) is 0 Å². The Morgan fingerprint density at radius 3 is 2.00 bits per heavy atom. The lowest BCUT2D eigenvalue weighted by Crippen LogP contribution is -2.23. The lowest BCUT2D eigenvalue weighted by atomic mass is 9.98. The molecule has 0 aliphatic rings. The smallest absolute Gasteiger partial charge is 0.00205 e. The lowest BCUT2D eigenvalue weighted by Gasteiger charge is -2.15.